The molecular formula is C20H17N5O3. The predicted molar refractivity (Wildman–Crippen MR) is 99.3 cm³/mol. The Morgan fingerprint density at radius 2 is 2.00 bits per heavy atom. The lowest BCUT2D eigenvalue weighted by Gasteiger charge is -2.25. The van der Waals surface area contributed by atoms with E-state index in [-0.39, 0.29) is 6.10 Å². The molecule has 1 aliphatic heterocycles. The summed E-state index contributed by atoms with van der Waals surface area (Å²) in [6, 6.07) is 13.5. The van der Waals surface area contributed by atoms with E-state index < -0.39 is 0 Å². The summed E-state index contributed by atoms with van der Waals surface area (Å²) in [4.78, 5) is 13.2. The number of nitrogens with zero attached hydrogens (tertiary/aromatic N) is 5. The Hall–Kier alpha value is -3.52. The van der Waals surface area contributed by atoms with Crippen molar-refractivity contribution in [3.05, 3.63) is 66.2 Å². The standard InChI is InChI=1S/C20H17N5O3/c1-26-14-7-5-13(6-8-14)17-10-25-12-22-18(16(25)11-27-17)20-23-19(24-28-20)15-4-2-3-9-21-15/h2-9,12,17H,10-11H2,1H3/t17-/m0/s1. The Labute approximate surface area is 160 Å². The summed E-state index contributed by atoms with van der Waals surface area (Å²) in [5, 5.41) is 4.02. The fraction of sp³-hybridized carbons (Fsp3) is 0.200. The minimum absolute atomic E-state index is 0.0489. The van der Waals surface area contributed by atoms with E-state index >= 15 is 0 Å². The molecular weight excluding hydrogens is 358 g/mol. The van der Waals surface area contributed by atoms with Crippen molar-refractivity contribution >= 4 is 0 Å². The first-order valence-corrected chi connectivity index (χ1v) is 8.87. The molecule has 1 atom stereocenters. The van der Waals surface area contributed by atoms with Crippen molar-refractivity contribution in [3.8, 4) is 28.9 Å². The molecule has 0 saturated carbocycles. The van der Waals surface area contributed by atoms with Crippen molar-refractivity contribution in [2.75, 3.05) is 7.11 Å². The van der Waals surface area contributed by atoms with Crippen molar-refractivity contribution < 1.29 is 14.0 Å². The minimum atomic E-state index is -0.0489. The monoisotopic (exact) mass is 375 g/mol. The number of rotatable bonds is 4. The number of pyridine rings is 1. The Bertz CT molecular complexity index is 1090. The van der Waals surface area contributed by atoms with E-state index in [4.69, 9.17) is 14.0 Å². The molecule has 0 spiro atoms. The van der Waals surface area contributed by atoms with E-state index in [9.17, 15) is 0 Å². The van der Waals surface area contributed by atoms with Crippen LogP contribution in [0.15, 0.2) is 59.5 Å². The van der Waals surface area contributed by atoms with Gasteiger partial charge in [0.25, 0.3) is 5.89 Å². The third-order valence-corrected chi connectivity index (χ3v) is 4.74. The van der Waals surface area contributed by atoms with Gasteiger partial charge in [-0.05, 0) is 29.8 Å². The topological polar surface area (TPSA) is 88.1 Å². The van der Waals surface area contributed by atoms with Gasteiger partial charge in [-0.25, -0.2) is 4.98 Å². The van der Waals surface area contributed by atoms with E-state index in [1.165, 1.54) is 0 Å². The van der Waals surface area contributed by atoms with Crippen molar-refractivity contribution in [1.29, 1.82) is 0 Å². The van der Waals surface area contributed by atoms with Crippen LogP contribution in [0.3, 0.4) is 0 Å². The second kappa shape index (κ2) is 6.90. The summed E-state index contributed by atoms with van der Waals surface area (Å²) >= 11 is 0. The lowest BCUT2D eigenvalue weighted by molar-refractivity contribution is 0.00328. The van der Waals surface area contributed by atoms with Crippen LogP contribution in [0.4, 0.5) is 0 Å². The van der Waals surface area contributed by atoms with Crippen LogP contribution in [0.25, 0.3) is 23.1 Å². The second-order valence-corrected chi connectivity index (χ2v) is 6.40. The Balaban J connectivity index is 1.39. The zero-order chi connectivity index (χ0) is 18.9. The molecule has 140 valence electrons. The first-order valence-electron chi connectivity index (χ1n) is 8.87. The summed E-state index contributed by atoms with van der Waals surface area (Å²) in [5.41, 5.74) is 3.31. The van der Waals surface area contributed by atoms with Crippen LogP contribution in [0.2, 0.25) is 0 Å². The van der Waals surface area contributed by atoms with Crippen LogP contribution in [0, 0.1) is 0 Å². The number of hydrogen-bond acceptors (Lipinski definition) is 7. The van der Waals surface area contributed by atoms with E-state index in [0.717, 1.165) is 17.0 Å². The van der Waals surface area contributed by atoms with Crippen LogP contribution in [0.1, 0.15) is 17.4 Å². The third-order valence-electron chi connectivity index (χ3n) is 4.74. The average molecular weight is 375 g/mol. The summed E-state index contributed by atoms with van der Waals surface area (Å²) in [7, 11) is 1.65. The van der Waals surface area contributed by atoms with Crippen molar-refractivity contribution in [2.24, 2.45) is 0 Å². The number of imidazole rings is 1. The molecule has 1 aliphatic rings. The SMILES string of the molecule is COc1ccc([C@@H]2Cn3cnc(-c4nc(-c5ccccn5)no4)c3CO2)cc1. The largest absolute Gasteiger partial charge is 0.497 e. The molecule has 28 heavy (non-hydrogen) atoms. The summed E-state index contributed by atoms with van der Waals surface area (Å²) in [6.45, 7) is 1.07. The van der Waals surface area contributed by atoms with Gasteiger partial charge in [0, 0.05) is 6.20 Å². The quantitative estimate of drug-likeness (QED) is 0.541. The Morgan fingerprint density at radius 1 is 1.11 bits per heavy atom. The van der Waals surface area contributed by atoms with Crippen LogP contribution in [0.5, 0.6) is 5.75 Å². The molecule has 8 heteroatoms. The third kappa shape index (κ3) is 2.93. The highest BCUT2D eigenvalue weighted by Gasteiger charge is 2.26. The molecule has 0 N–H and O–H groups in total. The maximum atomic E-state index is 6.07. The average Bonchev–Trinajstić information content (AvgIpc) is 3.41. The van der Waals surface area contributed by atoms with E-state index in [2.05, 4.69) is 24.7 Å². The molecule has 0 bridgehead atoms. The molecule has 4 aromatic rings. The summed E-state index contributed by atoms with van der Waals surface area (Å²) < 4.78 is 18.8. The van der Waals surface area contributed by atoms with Gasteiger partial charge in [0.1, 0.15) is 17.5 Å². The van der Waals surface area contributed by atoms with Crippen LogP contribution in [-0.4, -0.2) is 31.8 Å². The number of benzene rings is 1. The fourth-order valence-corrected chi connectivity index (χ4v) is 3.24. The number of fused-ring (bicyclic) bond motifs is 1. The van der Waals surface area contributed by atoms with Gasteiger partial charge < -0.3 is 18.6 Å². The second-order valence-electron chi connectivity index (χ2n) is 6.40. The highest BCUT2D eigenvalue weighted by atomic mass is 16.5. The van der Waals surface area contributed by atoms with Gasteiger partial charge in [0.2, 0.25) is 5.82 Å². The fourth-order valence-electron chi connectivity index (χ4n) is 3.24. The van der Waals surface area contributed by atoms with Crippen molar-refractivity contribution in [3.63, 3.8) is 0 Å². The molecule has 0 saturated heterocycles. The number of hydrogen-bond donors (Lipinski definition) is 0. The van der Waals surface area contributed by atoms with Crippen molar-refractivity contribution in [1.82, 2.24) is 24.7 Å². The lowest BCUT2D eigenvalue weighted by atomic mass is 10.1. The molecule has 4 heterocycles. The van der Waals surface area contributed by atoms with Crippen LogP contribution < -0.4 is 4.74 Å². The molecule has 0 amide bonds. The van der Waals surface area contributed by atoms with Crippen molar-refractivity contribution in [2.45, 2.75) is 19.3 Å². The Kier molecular flexibility index (Phi) is 4.10. The molecule has 3 aromatic heterocycles. The van der Waals surface area contributed by atoms with E-state index in [1.54, 1.807) is 19.6 Å². The van der Waals surface area contributed by atoms with Gasteiger partial charge in [0.15, 0.2) is 5.69 Å². The maximum absolute atomic E-state index is 6.07. The van der Waals surface area contributed by atoms with Gasteiger partial charge >= 0.3 is 0 Å². The highest BCUT2D eigenvalue weighted by Crippen LogP contribution is 2.32. The highest BCUT2D eigenvalue weighted by molar-refractivity contribution is 5.56. The van der Waals surface area contributed by atoms with Gasteiger partial charge in [0.05, 0.1) is 32.3 Å². The number of aromatic nitrogens is 5. The zero-order valence-electron chi connectivity index (χ0n) is 15.1. The first kappa shape index (κ1) is 16.6. The van der Waals surface area contributed by atoms with Gasteiger partial charge in [-0.3, -0.25) is 4.98 Å². The first-order chi connectivity index (χ1) is 13.8. The van der Waals surface area contributed by atoms with Gasteiger partial charge in [-0.2, -0.15) is 4.98 Å². The molecule has 8 nitrogen and oxygen atoms in total. The molecule has 0 fully saturated rings. The number of methoxy groups -OCH3 is 1. The normalized spacial score (nSPS) is 16.0. The molecule has 0 aliphatic carbocycles. The summed E-state index contributed by atoms with van der Waals surface area (Å²) in [6.07, 6.45) is 3.43. The zero-order valence-corrected chi connectivity index (χ0v) is 15.1. The number of ether oxygens (including phenoxy) is 2. The summed E-state index contributed by atoms with van der Waals surface area (Å²) in [5.74, 6) is 1.62. The minimum Gasteiger partial charge on any atom is -0.497 e. The van der Waals surface area contributed by atoms with Crippen LogP contribution >= 0.6 is 0 Å². The maximum Gasteiger partial charge on any atom is 0.278 e. The smallest absolute Gasteiger partial charge is 0.278 e. The van der Waals surface area contributed by atoms with Gasteiger partial charge in [-0.1, -0.05) is 23.4 Å². The molecule has 1 aromatic carbocycles. The molecule has 0 radical (unpaired) electrons. The Morgan fingerprint density at radius 3 is 2.79 bits per heavy atom. The molecule has 0 unspecified atom stereocenters. The van der Waals surface area contributed by atoms with E-state index in [1.807, 2.05) is 42.5 Å². The molecule has 5 rings (SSSR count). The van der Waals surface area contributed by atoms with Gasteiger partial charge in [-0.15, -0.1) is 0 Å². The van der Waals surface area contributed by atoms with E-state index in [0.29, 0.717) is 36.3 Å². The predicted octanol–water partition coefficient (Wildman–Crippen LogP) is 3.28. The van der Waals surface area contributed by atoms with Crippen LogP contribution in [-0.2, 0) is 17.9 Å². The lowest BCUT2D eigenvalue weighted by Crippen LogP contribution is -2.20.